The molecule has 10 nitrogen and oxygen atoms in total. The molecule has 2 fully saturated rings. The van der Waals surface area contributed by atoms with E-state index in [0.29, 0.717) is 49.9 Å². The highest BCUT2D eigenvalue weighted by Crippen LogP contribution is 2.38. The van der Waals surface area contributed by atoms with Crippen molar-refractivity contribution in [1.82, 2.24) is 9.80 Å². The number of carbonyl (C=O) groups is 2. The predicted molar refractivity (Wildman–Crippen MR) is 311 cm³/mol. The summed E-state index contributed by atoms with van der Waals surface area (Å²) < 4.78 is 24.0. The van der Waals surface area contributed by atoms with Crippen LogP contribution in [0.4, 0.5) is 0 Å². The number of likely N-dealkylation sites (tertiary alicyclic amines) is 2. The van der Waals surface area contributed by atoms with Crippen molar-refractivity contribution in [1.29, 1.82) is 0 Å². The second kappa shape index (κ2) is 24.5. The number of amides is 2. The van der Waals surface area contributed by atoms with Crippen LogP contribution in [0.5, 0.6) is 23.0 Å². The maximum atomic E-state index is 13.6. The van der Waals surface area contributed by atoms with E-state index in [-0.39, 0.29) is 37.1 Å². The van der Waals surface area contributed by atoms with Crippen LogP contribution in [0.15, 0.2) is 115 Å². The molecule has 2 heterocycles. The monoisotopic (exact) mass is 1050 g/mol. The molecule has 9 rings (SSSR count). The van der Waals surface area contributed by atoms with E-state index in [2.05, 4.69) is 95.3 Å². The zero-order chi connectivity index (χ0) is 55.2. The molecule has 2 amide bonds. The summed E-state index contributed by atoms with van der Waals surface area (Å²) in [5.74, 6) is 3.32. The molecule has 7 aromatic carbocycles. The van der Waals surface area contributed by atoms with Crippen LogP contribution in [0.1, 0.15) is 119 Å². The zero-order valence-corrected chi connectivity index (χ0v) is 47.1. The van der Waals surface area contributed by atoms with Gasteiger partial charge in [0.25, 0.3) is 11.8 Å². The molecular formula is C68H76N2O8. The summed E-state index contributed by atoms with van der Waals surface area (Å²) in [5.41, 5.74) is 20.4. The van der Waals surface area contributed by atoms with Gasteiger partial charge in [-0.15, -0.1) is 0 Å². The minimum Gasteiger partial charge on any atom is -0.496 e. The van der Waals surface area contributed by atoms with Gasteiger partial charge in [-0.25, -0.2) is 0 Å². The molecule has 0 unspecified atom stereocenters. The fourth-order valence-electron chi connectivity index (χ4n) is 12.0. The second-order valence-corrected chi connectivity index (χ2v) is 21.6. The molecule has 7 aromatic rings. The number of nitrogens with zero attached hydrogens (tertiary/aromatic N) is 2. The van der Waals surface area contributed by atoms with Gasteiger partial charge in [0.1, 0.15) is 23.0 Å². The third-order valence-corrected chi connectivity index (χ3v) is 16.5. The number of aryl methyl sites for hydroxylation is 7. The Hall–Kier alpha value is -7.40. The number of carbonyl (C=O) groups excluding carboxylic acids is 2. The summed E-state index contributed by atoms with van der Waals surface area (Å²) in [7, 11) is 6.95. The summed E-state index contributed by atoms with van der Waals surface area (Å²) in [5, 5.41) is 19.9. The first-order valence-corrected chi connectivity index (χ1v) is 27.5. The minimum atomic E-state index is -0.144. The third kappa shape index (κ3) is 11.9. The zero-order valence-electron chi connectivity index (χ0n) is 47.1. The Labute approximate surface area is 461 Å². The molecule has 2 aliphatic heterocycles. The van der Waals surface area contributed by atoms with E-state index in [1.807, 2.05) is 54.6 Å². The van der Waals surface area contributed by atoms with E-state index >= 15 is 0 Å². The Morgan fingerprint density at radius 2 is 0.846 bits per heavy atom. The van der Waals surface area contributed by atoms with Gasteiger partial charge in [0, 0.05) is 43.5 Å². The van der Waals surface area contributed by atoms with Gasteiger partial charge in [-0.05, 0) is 211 Å². The fourth-order valence-corrected chi connectivity index (χ4v) is 12.0. The number of methoxy groups -OCH3 is 4. The van der Waals surface area contributed by atoms with Crippen molar-refractivity contribution in [2.45, 2.75) is 104 Å². The molecular weight excluding hydrogens is 973 g/mol. The van der Waals surface area contributed by atoms with E-state index in [9.17, 15) is 19.8 Å². The van der Waals surface area contributed by atoms with E-state index in [4.69, 9.17) is 18.9 Å². The number of ether oxygens (including phenoxy) is 4. The average Bonchev–Trinajstić information content (AvgIpc) is 4.16. The maximum Gasteiger partial charge on any atom is 0.254 e. The summed E-state index contributed by atoms with van der Waals surface area (Å²) in [6.07, 6.45) is 6.94. The summed E-state index contributed by atoms with van der Waals surface area (Å²) in [6, 6.07) is 39.6. The van der Waals surface area contributed by atoms with Gasteiger partial charge < -0.3 is 39.0 Å². The van der Waals surface area contributed by atoms with Crippen molar-refractivity contribution < 1.29 is 38.7 Å². The van der Waals surface area contributed by atoms with Gasteiger partial charge in [0.2, 0.25) is 0 Å². The molecule has 0 bridgehead atoms. The molecule has 2 saturated heterocycles. The number of aliphatic hydroxyl groups excluding tert-OH is 2. The topological polar surface area (TPSA) is 118 Å². The highest BCUT2D eigenvalue weighted by atomic mass is 16.5. The fraction of sp³-hybridized carbons (Fsp3) is 0.353. The molecule has 0 spiro atoms. The van der Waals surface area contributed by atoms with Crippen LogP contribution in [-0.4, -0.2) is 98.7 Å². The van der Waals surface area contributed by atoms with Crippen LogP contribution < -0.4 is 18.9 Å². The highest BCUT2D eigenvalue weighted by Gasteiger charge is 2.30. The molecule has 10 heteroatoms. The van der Waals surface area contributed by atoms with Crippen LogP contribution in [0.3, 0.4) is 0 Å². The summed E-state index contributed by atoms with van der Waals surface area (Å²) in [4.78, 5) is 30.7. The van der Waals surface area contributed by atoms with Gasteiger partial charge in [0.15, 0.2) is 0 Å². The predicted octanol–water partition coefficient (Wildman–Crippen LogP) is 12.3. The molecule has 0 saturated carbocycles. The Morgan fingerprint density at radius 1 is 0.436 bits per heavy atom. The van der Waals surface area contributed by atoms with Crippen LogP contribution in [-0.2, 0) is 32.1 Å². The summed E-state index contributed by atoms with van der Waals surface area (Å²) in [6.45, 7) is 12.0. The van der Waals surface area contributed by atoms with E-state index in [0.717, 1.165) is 116 Å². The minimum absolute atomic E-state index is 0.0272. The largest absolute Gasteiger partial charge is 0.496 e. The van der Waals surface area contributed by atoms with Crippen LogP contribution >= 0.6 is 0 Å². The van der Waals surface area contributed by atoms with Crippen molar-refractivity contribution in [3.63, 3.8) is 0 Å². The van der Waals surface area contributed by atoms with Crippen LogP contribution in [0, 0.1) is 34.6 Å². The number of aliphatic hydroxyl groups is 2. The molecule has 2 aliphatic rings. The lowest BCUT2D eigenvalue weighted by Gasteiger charge is -2.23. The summed E-state index contributed by atoms with van der Waals surface area (Å²) >= 11 is 0. The first-order chi connectivity index (χ1) is 37.7. The highest BCUT2D eigenvalue weighted by molar-refractivity contribution is 5.96. The SMILES string of the molecule is COc1cc(Cc2cc(C)c(Cc3cc(C)c(Cc4cc(C)ccc4OC)cc3OC)cc2OC)c(C)cc1CCc1cc(-c2ccc(C(=O)N3CCC[C@H]3CO)cc2)c(C)cc1-c1ccc(C(=O)N2CCC[C@H]2CO)cc1. The van der Waals surface area contributed by atoms with Crippen LogP contribution in [0.25, 0.3) is 22.3 Å². The number of rotatable bonds is 19. The smallest absolute Gasteiger partial charge is 0.254 e. The Morgan fingerprint density at radius 3 is 1.29 bits per heavy atom. The number of hydrogen-bond acceptors (Lipinski definition) is 8. The second-order valence-electron chi connectivity index (χ2n) is 21.6. The Bertz CT molecular complexity index is 3310. The van der Waals surface area contributed by atoms with Gasteiger partial charge in [0.05, 0.1) is 53.7 Å². The van der Waals surface area contributed by atoms with Crippen molar-refractivity contribution >= 4 is 11.8 Å². The first kappa shape index (κ1) is 55.4. The molecule has 406 valence electrons. The van der Waals surface area contributed by atoms with E-state index < -0.39 is 0 Å². The molecule has 0 radical (unpaired) electrons. The maximum absolute atomic E-state index is 13.6. The molecule has 2 atom stereocenters. The molecule has 0 aliphatic carbocycles. The number of benzene rings is 7. The molecule has 2 N–H and O–H groups in total. The van der Waals surface area contributed by atoms with Crippen molar-refractivity contribution in [3.05, 3.63) is 199 Å². The molecule has 78 heavy (non-hydrogen) atoms. The standard InChI is InChI=1S/C68H76N2O8/c1-42-14-25-63(75-6)56(28-42)33-53-38-65(77-8)58(30-44(53)3)35-55-39-66(78-9)57(31-45(55)4)34-54-37-64(76-7)52(29-43(54)2)24-23-51-36-61(47-15-19-49(20-16-47)67(73)69-26-10-12-59(69)40-71)46(5)32-62(51)48-17-21-50(22-18-48)68(74)70-27-11-13-60(70)41-72/h14-22,25,28-32,36-39,59-60,71-72H,10-13,23-24,26-27,33-35,40-41H2,1-9H3/t59-,60-/m0/s1. The van der Waals surface area contributed by atoms with Crippen LogP contribution in [0.2, 0.25) is 0 Å². The quantitative estimate of drug-likeness (QED) is 0.0822. The van der Waals surface area contributed by atoms with E-state index in [1.54, 1.807) is 38.2 Å². The lowest BCUT2D eigenvalue weighted by Crippen LogP contribution is -2.37. The lowest BCUT2D eigenvalue weighted by atomic mass is 9.87. The molecule has 0 aromatic heterocycles. The van der Waals surface area contributed by atoms with Gasteiger partial charge in [-0.1, -0.05) is 72.3 Å². The van der Waals surface area contributed by atoms with Crippen molar-refractivity contribution in [2.24, 2.45) is 0 Å². The first-order valence-electron chi connectivity index (χ1n) is 27.5. The van der Waals surface area contributed by atoms with E-state index in [1.165, 1.54) is 33.4 Å². The number of hydrogen-bond donors (Lipinski definition) is 2. The van der Waals surface area contributed by atoms with Crippen molar-refractivity contribution in [3.8, 4) is 45.3 Å². The van der Waals surface area contributed by atoms with Gasteiger partial charge in [-0.3, -0.25) is 9.59 Å². The average molecular weight is 1050 g/mol. The van der Waals surface area contributed by atoms with Gasteiger partial charge in [-0.2, -0.15) is 0 Å². The Kier molecular flexibility index (Phi) is 17.4. The lowest BCUT2D eigenvalue weighted by molar-refractivity contribution is 0.0672. The third-order valence-electron chi connectivity index (χ3n) is 16.5. The Balaban J connectivity index is 0.971. The normalized spacial score (nSPS) is 15.2. The van der Waals surface area contributed by atoms with Crippen molar-refractivity contribution in [2.75, 3.05) is 54.7 Å². The van der Waals surface area contributed by atoms with Gasteiger partial charge >= 0.3 is 0 Å².